The quantitative estimate of drug-likeness (QED) is 0.591. The largest absolute Gasteiger partial charge is 0.380 e. The molecule has 0 aromatic carbocycles. The van der Waals surface area contributed by atoms with E-state index in [0.717, 1.165) is 12.3 Å². The first kappa shape index (κ1) is 14.9. The number of hydrogen-bond donors (Lipinski definition) is 0. The van der Waals surface area contributed by atoms with Crippen molar-refractivity contribution < 1.29 is 13.9 Å². The van der Waals surface area contributed by atoms with Gasteiger partial charge in [-0.15, -0.1) is 0 Å². The smallest absolute Gasteiger partial charge is 0.257 e. The molecule has 0 aliphatic rings. The van der Waals surface area contributed by atoms with E-state index in [4.69, 9.17) is 16.3 Å². The van der Waals surface area contributed by atoms with E-state index >= 15 is 0 Å². The minimum atomic E-state index is -0.580. The molecule has 0 aliphatic heterocycles. The van der Waals surface area contributed by atoms with Crippen LogP contribution in [0.25, 0.3) is 0 Å². The molecule has 0 radical (unpaired) electrons. The Morgan fingerprint density at radius 2 is 2.28 bits per heavy atom. The van der Waals surface area contributed by atoms with Gasteiger partial charge in [-0.05, 0) is 19.9 Å². The van der Waals surface area contributed by atoms with Crippen molar-refractivity contribution in [2.75, 3.05) is 26.3 Å². The van der Waals surface area contributed by atoms with E-state index in [2.05, 4.69) is 4.98 Å². The maximum absolute atomic E-state index is 13.1. The Balaban J connectivity index is 2.79. The number of hydrogen-bond acceptors (Lipinski definition) is 3. The SMILES string of the molecule is CCOCCN(CC)C(=O)c1cc(F)cnc1Cl. The van der Waals surface area contributed by atoms with Crippen LogP contribution in [0.15, 0.2) is 12.3 Å². The molecule has 0 spiro atoms. The molecule has 1 amide bonds. The van der Waals surface area contributed by atoms with Gasteiger partial charge in [0.2, 0.25) is 0 Å². The van der Waals surface area contributed by atoms with Crippen molar-refractivity contribution in [3.63, 3.8) is 0 Å². The molecule has 6 heteroatoms. The van der Waals surface area contributed by atoms with Gasteiger partial charge >= 0.3 is 0 Å². The predicted octanol–water partition coefficient (Wildman–Crippen LogP) is 2.37. The summed E-state index contributed by atoms with van der Waals surface area (Å²) in [6, 6.07) is 1.10. The van der Waals surface area contributed by atoms with E-state index in [0.29, 0.717) is 26.3 Å². The highest BCUT2D eigenvalue weighted by molar-refractivity contribution is 6.32. The molecule has 0 unspecified atom stereocenters. The first-order valence-electron chi connectivity index (χ1n) is 5.78. The molecule has 100 valence electrons. The van der Waals surface area contributed by atoms with Crippen LogP contribution in [-0.4, -0.2) is 42.1 Å². The van der Waals surface area contributed by atoms with Crippen molar-refractivity contribution in [2.45, 2.75) is 13.8 Å². The lowest BCUT2D eigenvalue weighted by Crippen LogP contribution is -2.34. The minimum Gasteiger partial charge on any atom is -0.380 e. The summed E-state index contributed by atoms with van der Waals surface area (Å²) < 4.78 is 18.3. The molecule has 0 atom stereocenters. The molecular formula is C12H16ClFN2O2. The normalized spacial score (nSPS) is 10.4. The van der Waals surface area contributed by atoms with Crippen molar-refractivity contribution in [1.29, 1.82) is 0 Å². The summed E-state index contributed by atoms with van der Waals surface area (Å²) in [5, 5.41) is 0.0104. The fourth-order valence-corrected chi connectivity index (χ4v) is 1.65. The van der Waals surface area contributed by atoms with Crippen molar-refractivity contribution in [1.82, 2.24) is 9.88 Å². The fourth-order valence-electron chi connectivity index (χ4n) is 1.47. The summed E-state index contributed by atoms with van der Waals surface area (Å²) in [4.78, 5) is 17.3. The van der Waals surface area contributed by atoms with Crippen molar-refractivity contribution in [2.24, 2.45) is 0 Å². The molecule has 18 heavy (non-hydrogen) atoms. The van der Waals surface area contributed by atoms with Crippen LogP contribution in [0.4, 0.5) is 4.39 Å². The van der Waals surface area contributed by atoms with E-state index in [-0.39, 0.29) is 16.6 Å². The lowest BCUT2D eigenvalue weighted by molar-refractivity contribution is 0.0668. The number of amides is 1. The van der Waals surface area contributed by atoms with Crippen molar-refractivity contribution >= 4 is 17.5 Å². The second kappa shape index (κ2) is 7.28. The van der Waals surface area contributed by atoms with Crippen LogP contribution >= 0.6 is 11.6 Å². The summed E-state index contributed by atoms with van der Waals surface area (Å²) in [5.74, 6) is -0.919. The Kier molecular flexibility index (Phi) is 6.01. The molecule has 1 heterocycles. The van der Waals surface area contributed by atoms with E-state index in [9.17, 15) is 9.18 Å². The number of likely N-dealkylation sites (N-methyl/N-ethyl adjacent to an activating group) is 1. The van der Waals surface area contributed by atoms with E-state index in [1.165, 1.54) is 4.90 Å². The Bertz CT molecular complexity index is 415. The second-order valence-corrected chi connectivity index (χ2v) is 3.93. The van der Waals surface area contributed by atoms with Crippen LogP contribution in [0.1, 0.15) is 24.2 Å². The fraction of sp³-hybridized carbons (Fsp3) is 0.500. The zero-order valence-corrected chi connectivity index (χ0v) is 11.2. The van der Waals surface area contributed by atoms with Gasteiger partial charge in [0.05, 0.1) is 18.4 Å². The van der Waals surface area contributed by atoms with E-state index in [1.54, 1.807) is 0 Å². The summed E-state index contributed by atoms with van der Waals surface area (Å²) >= 11 is 5.80. The van der Waals surface area contributed by atoms with Gasteiger partial charge in [0.1, 0.15) is 11.0 Å². The first-order chi connectivity index (χ1) is 8.60. The average Bonchev–Trinajstić information content (AvgIpc) is 2.37. The number of halogens is 2. The van der Waals surface area contributed by atoms with Crippen LogP contribution in [0.2, 0.25) is 5.15 Å². The van der Waals surface area contributed by atoms with Crippen molar-refractivity contribution in [3.8, 4) is 0 Å². The van der Waals surface area contributed by atoms with Crippen LogP contribution in [0.3, 0.4) is 0 Å². The summed E-state index contributed by atoms with van der Waals surface area (Å²) in [7, 11) is 0. The lowest BCUT2D eigenvalue weighted by Gasteiger charge is -2.21. The van der Waals surface area contributed by atoms with Crippen LogP contribution < -0.4 is 0 Å². The third-order valence-corrected chi connectivity index (χ3v) is 2.72. The second-order valence-electron chi connectivity index (χ2n) is 3.57. The number of ether oxygens (including phenoxy) is 1. The third kappa shape index (κ3) is 3.92. The highest BCUT2D eigenvalue weighted by Gasteiger charge is 2.18. The molecular weight excluding hydrogens is 259 g/mol. The highest BCUT2D eigenvalue weighted by atomic mass is 35.5. The number of rotatable bonds is 6. The molecule has 0 fully saturated rings. The predicted molar refractivity (Wildman–Crippen MR) is 67.3 cm³/mol. The van der Waals surface area contributed by atoms with E-state index in [1.807, 2.05) is 13.8 Å². The molecule has 1 aromatic rings. The molecule has 0 N–H and O–H groups in total. The number of nitrogens with zero attached hydrogens (tertiary/aromatic N) is 2. The zero-order chi connectivity index (χ0) is 13.5. The number of carbonyl (C=O) groups is 1. The molecule has 0 saturated carbocycles. The molecule has 0 saturated heterocycles. The van der Waals surface area contributed by atoms with Gasteiger partial charge in [0, 0.05) is 19.7 Å². The zero-order valence-electron chi connectivity index (χ0n) is 10.4. The topological polar surface area (TPSA) is 42.4 Å². The van der Waals surface area contributed by atoms with Gasteiger partial charge in [-0.25, -0.2) is 9.37 Å². The molecule has 1 aromatic heterocycles. The maximum atomic E-state index is 13.1. The Morgan fingerprint density at radius 1 is 1.56 bits per heavy atom. The molecule has 0 aliphatic carbocycles. The molecule has 4 nitrogen and oxygen atoms in total. The van der Waals surface area contributed by atoms with Gasteiger partial charge in [0.25, 0.3) is 5.91 Å². The van der Waals surface area contributed by atoms with Gasteiger partial charge < -0.3 is 9.64 Å². The Morgan fingerprint density at radius 3 is 2.89 bits per heavy atom. The summed E-state index contributed by atoms with van der Waals surface area (Å²) in [6.07, 6.45) is 0.982. The average molecular weight is 275 g/mol. The summed E-state index contributed by atoms with van der Waals surface area (Å²) in [5.41, 5.74) is 0.0787. The number of aromatic nitrogens is 1. The van der Waals surface area contributed by atoms with E-state index < -0.39 is 5.82 Å². The van der Waals surface area contributed by atoms with Gasteiger partial charge in [-0.3, -0.25) is 4.79 Å². The third-order valence-electron chi connectivity index (χ3n) is 2.41. The minimum absolute atomic E-state index is 0.0104. The van der Waals surface area contributed by atoms with Crippen LogP contribution in [0, 0.1) is 5.82 Å². The van der Waals surface area contributed by atoms with Gasteiger partial charge in [-0.2, -0.15) is 0 Å². The summed E-state index contributed by atoms with van der Waals surface area (Å²) in [6.45, 7) is 5.69. The number of pyridine rings is 1. The van der Waals surface area contributed by atoms with Crippen molar-refractivity contribution in [3.05, 3.63) is 28.8 Å². The Labute approximate surface area is 111 Å². The van der Waals surface area contributed by atoms with Gasteiger partial charge in [-0.1, -0.05) is 11.6 Å². The standard InChI is InChI=1S/C12H16ClFN2O2/c1-3-16(5-6-18-4-2)12(17)10-7-9(14)8-15-11(10)13/h7-8H,3-6H2,1-2H3. The first-order valence-corrected chi connectivity index (χ1v) is 6.16. The van der Waals surface area contributed by atoms with Crippen LogP contribution in [-0.2, 0) is 4.74 Å². The van der Waals surface area contributed by atoms with Gasteiger partial charge in [0.15, 0.2) is 0 Å². The molecule has 0 bridgehead atoms. The number of carbonyl (C=O) groups excluding carboxylic acids is 1. The lowest BCUT2D eigenvalue weighted by atomic mass is 10.2. The monoisotopic (exact) mass is 274 g/mol. The van der Waals surface area contributed by atoms with Crippen LogP contribution in [0.5, 0.6) is 0 Å². The maximum Gasteiger partial charge on any atom is 0.257 e. The highest BCUT2D eigenvalue weighted by Crippen LogP contribution is 2.16. The molecule has 1 rings (SSSR count). The Hall–Kier alpha value is -1.20.